The first-order valence-electron chi connectivity index (χ1n) is 9.72. The summed E-state index contributed by atoms with van der Waals surface area (Å²) in [7, 11) is 0. The molecule has 2 rings (SSSR count). The van der Waals surface area contributed by atoms with E-state index in [9.17, 15) is 5.11 Å². The maximum absolute atomic E-state index is 10.3. The molecule has 1 aliphatic heterocycles. The maximum Gasteiger partial charge on any atom is 0.0578 e. The van der Waals surface area contributed by atoms with Crippen LogP contribution in [0.5, 0.6) is 0 Å². The van der Waals surface area contributed by atoms with Gasteiger partial charge in [-0.15, -0.1) is 0 Å². The summed E-state index contributed by atoms with van der Waals surface area (Å²) in [4.78, 5) is 2.58. The van der Waals surface area contributed by atoms with Crippen molar-refractivity contribution in [3.8, 4) is 0 Å². The van der Waals surface area contributed by atoms with Gasteiger partial charge >= 0.3 is 0 Å². The molecular weight excluding hydrogens is 272 g/mol. The van der Waals surface area contributed by atoms with E-state index in [1.165, 1.54) is 38.6 Å². The van der Waals surface area contributed by atoms with E-state index in [2.05, 4.69) is 31.0 Å². The summed E-state index contributed by atoms with van der Waals surface area (Å²) in [6.07, 6.45) is 9.02. The number of nitrogens with zero attached hydrogens (tertiary/aromatic N) is 1. The smallest absolute Gasteiger partial charge is 0.0578 e. The summed E-state index contributed by atoms with van der Waals surface area (Å²) in [6, 6.07) is 0.570. The fourth-order valence-electron chi connectivity index (χ4n) is 4.38. The van der Waals surface area contributed by atoms with Gasteiger partial charge in [0.15, 0.2) is 0 Å². The normalized spacial score (nSPS) is 29.9. The highest BCUT2D eigenvalue weighted by atomic mass is 16.3. The van der Waals surface area contributed by atoms with E-state index in [0.717, 1.165) is 38.4 Å². The lowest BCUT2D eigenvalue weighted by Gasteiger charge is -2.41. The minimum Gasteiger partial charge on any atom is -0.393 e. The van der Waals surface area contributed by atoms with E-state index in [-0.39, 0.29) is 6.10 Å². The molecule has 0 aromatic carbocycles. The summed E-state index contributed by atoms with van der Waals surface area (Å²) in [5.41, 5.74) is 0. The number of hydrogen-bond donors (Lipinski definition) is 2. The Morgan fingerprint density at radius 1 is 1.14 bits per heavy atom. The van der Waals surface area contributed by atoms with E-state index >= 15 is 0 Å². The van der Waals surface area contributed by atoms with Crippen LogP contribution < -0.4 is 5.32 Å². The Hall–Kier alpha value is -0.120. The standard InChI is InChI=1S/C19H38N2O/c1-4-19(22)17-10-18(14-21(13-17)12-15(2)3)20-11-16-8-6-5-7-9-16/h15-20,22H,4-14H2,1-3H3. The van der Waals surface area contributed by atoms with E-state index in [0.29, 0.717) is 17.9 Å². The molecule has 1 saturated carbocycles. The van der Waals surface area contributed by atoms with E-state index < -0.39 is 0 Å². The van der Waals surface area contributed by atoms with Crippen molar-refractivity contribution in [2.45, 2.75) is 77.9 Å². The Kier molecular flexibility index (Phi) is 7.66. The van der Waals surface area contributed by atoms with Gasteiger partial charge in [0, 0.05) is 25.7 Å². The lowest BCUT2D eigenvalue weighted by molar-refractivity contribution is 0.0308. The van der Waals surface area contributed by atoms with Crippen LogP contribution in [-0.2, 0) is 0 Å². The zero-order valence-electron chi connectivity index (χ0n) is 15.1. The highest BCUT2D eigenvalue weighted by molar-refractivity contribution is 4.87. The second-order valence-electron chi connectivity index (χ2n) is 8.19. The molecule has 0 spiro atoms. The number of rotatable bonds is 7. The highest BCUT2D eigenvalue weighted by Crippen LogP contribution is 2.25. The van der Waals surface area contributed by atoms with Crippen molar-refractivity contribution in [2.75, 3.05) is 26.2 Å². The van der Waals surface area contributed by atoms with Crippen molar-refractivity contribution < 1.29 is 5.11 Å². The molecule has 0 aromatic rings. The fraction of sp³-hybridized carbons (Fsp3) is 1.00. The van der Waals surface area contributed by atoms with Gasteiger partial charge in [-0.25, -0.2) is 0 Å². The van der Waals surface area contributed by atoms with E-state index in [1.54, 1.807) is 0 Å². The topological polar surface area (TPSA) is 35.5 Å². The molecule has 0 bridgehead atoms. The zero-order valence-corrected chi connectivity index (χ0v) is 15.1. The first kappa shape index (κ1) is 18.2. The quantitative estimate of drug-likeness (QED) is 0.757. The molecule has 22 heavy (non-hydrogen) atoms. The molecule has 1 aliphatic carbocycles. The number of aliphatic hydroxyl groups is 1. The molecule has 2 fully saturated rings. The predicted molar refractivity (Wildman–Crippen MR) is 94.0 cm³/mol. The van der Waals surface area contributed by atoms with Crippen LogP contribution >= 0.6 is 0 Å². The Labute approximate surface area is 137 Å². The summed E-state index contributed by atoms with van der Waals surface area (Å²) in [6.45, 7) is 11.3. The molecule has 130 valence electrons. The largest absolute Gasteiger partial charge is 0.393 e. The van der Waals surface area contributed by atoms with Crippen molar-refractivity contribution in [1.29, 1.82) is 0 Å². The summed E-state index contributed by atoms with van der Waals surface area (Å²) in [5, 5.41) is 14.2. The second-order valence-corrected chi connectivity index (χ2v) is 8.19. The van der Waals surface area contributed by atoms with Gasteiger partial charge in [-0.3, -0.25) is 0 Å². The Morgan fingerprint density at radius 2 is 1.86 bits per heavy atom. The number of aliphatic hydroxyl groups excluding tert-OH is 1. The first-order chi connectivity index (χ1) is 10.6. The van der Waals surface area contributed by atoms with Gasteiger partial charge in [-0.1, -0.05) is 40.0 Å². The predicted octanol–water partition coefficient (Wildman–Crippen LogP) is 3.27. The van der Waals surface area contributed by atoms with Gasteiger partial charge in [0.05, 0.1) is 6.10 Å². The molecule has 1 heterocycles. The van der Waals surface area contributed by atoms with Crippen LogP contribution in [0.2, 0.25) is 0 Å². The molecule has 3 atom stereocenters. The van der Waals surface area contributed by atoms with Gasteiger partial charge in [0.2, 0.25) is 0 Å². The van der Waals surface area contributed by atoms with Crippen molar-refractivity contribution in [3.05, 3.63) is 0 Å². The van der Waals surface area contributed by atoms with Crippen molar-refractivity contribution in [2.24, 2.45) is 17.8 Å². The molecule has 3 unspecified atom stereocenters. The molecular formula is C19H38N2O. The number of likely N-dealkylation sites (tertiary alicyclic amines) is 1. The maximum atomic E-state index is 10.3. The molecule has 0 aromatic heterocycles. The number of piperidine rings is 1. The van der Waals surface area contributed by atoms with Crippen LogP contribution in [0.1, 0.15) is 65.7 Å². The number of hydrogen-bond acceptors (Lipinski definition) is 3. The lowest BCUT2D eigenvalue weighted by Crippen LogP contribution is -2.53. The van der Waals surface area contributed by atoms with Crippen LogP contribution in [0.3, 0.4) is 0 Å². The summed E-state index contributed by atoms with van der Waals surface area (Å²) < 4.78 is 0. The van der Waals surface area contributed by atoms with Gasteiger partial charge in [-0.05, 0) is 50.0 Å². The Bertz CT molecular complexity index is 302. The molecule has 2 aliphatic rings. The SMILES string of the molecule is CCC(O)C1CC(NCC2CCCCC2)CN(CC(C)C)C1. The van der Waals surface area contributed by atoms with Crippen LogP contribution in [0.15, 0.2) is 0 Å². The van der Waals surface area contributed by atoms with Crippen molar-refractivity contribution >= 4 is 0 Å². The zero-order chi connectivity index (χ0) is 15.9. The summed E-state index contributed by atoms with van der Waals surface area (Å²) in [5.74, 6) is 2.04. The van der Waals surface area contributed by atoms with Crippen LogP contribution in [-0.4, -0.2) is 48.3 Å². The molecule has 0 radical (unpaired) electrons. The average Bonchev–Trinajstić information content (AvgIpc) is 2.52. The lowest BCUT2D eigenvalue weighted by atomic mass is 9.86. The third-order valence-electron chi connectivity index (χ3n) is 5.56. The molecule has 0 amide bonds. The van der Waals surface area contributed by atoms with Crippen LogP contribution in [0.4, 0.5) is 0 Å². The van der Waals surface area contributed by atoms with Crippen LogP contribution in [0, 0.1) is 17.8 Å². The third kappa shape index (κ3) is 5.82. The molecule has 3 nitrogen and oxygen atoms in total. The fourth-order valence-corrected chi connectivity index (χ4v) is 4.38. The second kappa shape index (κ2) is 9.24. The van der Waals surface area contributed by atoms with Crippen LogP contribution in [0.25, 0.3) is 0 Å². The van der Waals surface area contributed by atoms with Crippen molar-refractivity contribution in [1.82, 2.24) is 10.2 Å². The van der Waals surface area contributed by atoms with Gasteiger partial charge in [-0.2, -0.15) is 0 Å². The molecule has 2 N–H and O–H groups in total. The molecule has 1 saturated heterocycles. The average molecular weight is 311 g/mol. The van der Waals surface area contributed by atoms with E-state index in [4.69, 9.17) is 0 Å². The monoisotopic (exact) mass is 310 g/mol. The first-order valence-corrected chi connectivity index (χ1v) is 9.72. The minimum absolute atomic E-state index is 0.131. The van der Waals surface area contributed by atoms with Crippen molar-refractivity contribution in [3.63, 3.8) is 0 Å². The Morgan fingerprint density at radius 3 is 2.50 bits per heavy atom. The molecule has 3 heteroatoms. The van der Waals surface area contributed by atoms with Gasteiger partial charge in [0.1, 0.15) is 0 Å². The van der Waals surface area contributed by atoms with Gasteiger partial charge < -0.3 is 15.3 Å². The summed E-state index contributed by atoms with van der Waals surface area (Å²) >= 11 is 0. The van der Waals surface area contributed by atoms with E-state index in [1.807, 2.05) is 0 Å². The Balaban J connectivity index is 1.84. The number of nitrogens with one attached hydrogen (secondary N) is 1. The van der Waals surface area contributed by atoms with Gasteiger partial charge in [0.25, 0.3) is 0 Å². The highest BCUT2D eigenvalue weighted by Gasteiger charge is 2.31. The minimum atomic E-state index is -0.131. The third-order valence-corrected chi connectivity index (χ3v) is 5.56.